The van der Waals surface area contributed by atoms with Crippen LogP contribution in [0.15, 0.2) is 47.8 Å². The fraction of sp³-hybridized carbons (Fsp3) is 0.133. The van der Waals surface area contributed by atoms with E-state index in [0.717, 1.165) is 24.0 Å². The van der Waals surface area contributed by atoms with Crippen molar-refractivity contribution in [2.45, 2.75) is 11.3 Å². The second-order valence-corrected chi connectivity index (χ2v) is 6.29. The van der Waals surface area contributed by atoms with Gasteiger partial charge in [0, 0.05) is 6.20 Å². The molecule has 0 fully saturated rings. The summed E-state index contributed by atoms with van der Waals surface area (Å²) in [4.78, 5) is 12.0. The Bertz CT molecular complexity index is 929. The Labute approximate surface area is 149 Å². The van der Waals surface area contributed by atoms with E-state index in [2.05, 4.69) is 15.5 Å². The SMILES string of the molecule is O=C(CSc1nnc2ccc(C(F)(F)F)cn12)Nc1ccccc1Cl. The fourth-order valence-electron chi connectivity index (χ4n) is 2.01. The van der Waals surface area contributed by atoms with Gasteiger partial charge >= 0.3 is 6.18 Å². The largest absolute Gasteiger partial charge is 0.417 e. The molecule has 0 atom stereocenters. The first-order valence-electron chi connectivity index (χ1n) is 6.94. The van der Waals surface area contributed by atoms with Gasteiger partial charge in [-0.1, -0.05) is 35.5 Å². The summed E-state index contributed by atoms with van der Waals surface area (Å²) in [6, 6.07) is 8.89. The highest BCUT2D eigenvalue weighted by Crippen LogP contribution is 2.30. The number of alkyl halides is 3. The first-order valence-corrected chi connectivity index (χ1v) is 8.30. The van der Waals surface area contributed by atoms with Gasteiger partial charge < -0.3 is 5.32 Å². The third-order valence-electron chi connectivity index (χ3n) is 3.18. The van der Waals surface area contributed by atoms with Crippen molar-refractivity contribution in [3.8, 4) is 0 Å². The number of para-hydroxylation sites is 1. The van der Waals surface area contributed by atoms with E-state index in [1.165, 1.54) is 10.5 Å². The summed E-state index contributed by atoms with van der Waals surface area (Å²) < 4.78 is 39.6. The minimum Gasteiger partial charge on any atom is -0.324 e. The number of nitrogens with one attached hydrogen (secondary N) is 1. The van der Waals surface area contributed by atoms with E-state index < -0.39 is 11.7 Å². The van der Waals surface area contributed by atoms with Crippen LogP contribution >= 0.6 is 23.4 Å². The van der Waals surface area contributed by atoms with Crippen molar-refractivity contribution >= 4 is 40.6 Å². The second-order valence-electron chi connectivity index (χ2n) is 4.94. The van der Waals surface area contributed by atoms with Gasteiger partial charge in [-0.2, -0.15) is 13.2 Å². The summed E-state index contributed by atoms with van der Waals surface area (Å²) in [5, 5.41) is 10.8. The predicted molar refractivity (Wildman–Crippen MR) is 88.8 cm³/mol. The van der Waals surface area contributed by atoms with Gasteiger partial charge in [0.1, 0.15) is 0 Å². The normalized spacial score (nSPS) is 11.7. The van der Waals surface area contributed by atoms with Gasteiger partial charge in [-0.15, -0.1) is 10.2 Å². The number of thioether (sulfide) groups is 1. The summed E-state index contributed by atoms with van der Waals surface area (Å²) in [6.07, 6.45) is -3.56. The molecule has 0 bridgehead atoms. The van der Waals surface area contributed by atoms with Gasteiger partial charge in [-0.05, 0) is 24.3 Å². The minimum atomic E-state index is -4.47. The molecule has 0 aliphatic heterocycles. The molecule has 3 aromatic rings. The number of amides is 1. The van der Waals surface area contributed by atoms with Crippen LogP contribution in [0.5, 0.6) is 0 Å². The summed E-state index contributed by atoms with van der Waals surface area (Å²) >= 11 is 6.93. The molecule has 2 heterocycles. The van der Waals surface area contributed by atoms with Crippen LogP contribution in [0.25, 0.3) is 5.65 Å². The molecular formula is C15H10ClF3N4OS. The smallest absolute Gasteiger partial charge is 0.324 e. The molecular weight excluding hydrogens is 377 g/mol. The molecule has 0 saturated heterocycles. The van der Waals surface area contributed by atoms with Crippen LogP contribution in [0.3, 0.4) is 0 Å². The van der Waals surface area contributed by atoms with Crippen LogP contribution in [0.2, 0.25) is 5.02 Å². The molecule has 25 heavy (non-hydrogen) atoms. The molecule has 3 rings (SSSR count). The number of hydrogen-bond acceptors (Lipinski definition) is 4. The van der Waals surface area contributed by atoms with E-state index in [-0.39, 0.29) is 22.5 Å². The Morgan fingerprint density at radius 1 is 1.20 bits per heavy atom. The second kappa shape index (κ2) is 6.93. The molecule has 0 spiro atoms. The molecule has 0 aliphatic rings. The third-order valence-corrected chi connectivity index (χ3v) is 4.45. The molecule has 10 heteroatoms. The lowest BCUT2D eigenvalue weighted by molar-refractivity contribution is -0.137. The lowest BCUT2D eigenvalue weighted by Gasteiger charge is -2.08. The lowest BCUT2D eigenvalue weighted by Crippen LogP contribution is -2.14. The Balaban J connectivity index is 1.73. The zero-order chi connectivity index (χ0) is 18.0. The van der Waals surface area contributed by atoms with Gasteiger partial charge in [0.2, 0.25) is 5.91 Å². The van der Waals surface area contributed by atoms with Crippen molar-refractivity contribution in [2.24, 2.45) is 0 Å². The lowest BCUT2D eigenvalue weighted by atomic mass is 10.3. The standard InChI is InChI=1S/C15H10ClF3N4OS/c16-10-3-1-2-4-11(10)20-13(24)8-25-14-22-21-12-6-5-9(7-23(12)14)15(17,18)19/h1-7H,8H2,(H,20,24). The van der Waals surface area contributed by atoms with Crippen LogP contribution in [0.4, 0.5) is 18.9 Å². The number of fused-ring (bicyclic) bond motifs is 1. The van der Waals surface area contributed by atoms with Gasteiger partial charge in [0.15, 0.2) is 10.8 Å². The van der Waals surface area contributed by atoms with Gasteiger partial charge in [0.25, 0.3) is 0 Å². The first kappa shape index (κ1) is 17.6. The van der Waals surface area contributed by atoms with E-state index >= 15 is 0 Å². The van der Waals surface area contributed by atoms with Crippen LogP contribution in [-0.4, -0.2) is 26.3 Å². The number of halogens is 4. The van der Waals surface area contributed by atoms with Crippen molar-refractivity contribution in [1.29, 1.82) is 0 Å². The number of carbonyl (C=O) groups excluding carboxylic acids is 1. The molecule has 2 aromatic heterocycles. The van der Waals surface area contributed by atoms with Crippen molar-refractivity contribution in [3.05, 3.63) is 53.2 Å². The number of aromatic nitrogens is 3. The highest BCUT2D eigenvalue weighted by molar-refractivity contribution is 7.99. The molecule has 0 radical (unpaired) electrons. The Kier molecular flexibility index (Phi) is 4.87. The molecule has 1 N–H and O–H groups in total. The van der Waals surface area contributed by atoms with Gasteiger partial charge in [0.05, 0.1) is 22.0 Å². The molecule has 0 unspecified atom stereocenters. The zero-order valence-corrected chi connectivity index (χ0v) is 14.0. The number of carbonyl (C=O) groups is 1. The van der Waals surface area contributed by atoms with Gasteiger partial charge in [-0.25, -0.2) is 0 Å². The van der Waals surface area contributed by atoms with Crippen molar-refractivity contribution in [3.63, 3.8) is 0 Å². The summed E-state index contributed by atoms with van der Waals surface area (Å²) in [6.45, 7) is 0. The minimum absolute atomic E-state index is 0.0533. The zero-order valence-electron chi connectivity index (χ0n) is 12.4. The van der Waals surface area contributed by atoms with E-state index in [1.54, 1.807) is 24.3 Å². The van der Waals surface area contributed by atoms with Crippen LogP contribution in [-0.2, 0) is 11.0 Å². The van der Waals surface area contributed by atoms with E-state index in [0.29, 0.717) is 10.7 Å². The number of anilines is 1. The Morgan fingerprint density at radius 3 is 2.68 bits per heavy atom. The maximum absolute atomic E-state index is 12.8. The molecule has 0 saturated carbocycles. The fourth-order valence-corrected chi connectivity index (χ4v) is 2.91. The number of pyridine rings is 1. The summed E-state index contributed by atoms with van der Waals surface area (Å²) in [5.41, 5.74) is -0.0931. The van der Waals surface area contributed by atoms with Crippen LogP contribution in [0.1, 0.15) is 5.56 Å². The highest BCUT2D eigenvalue weighted by Gasteiger charge is 2.31. The molecule has 1 amide bonds. The average Bonchev–Trinajstić information content (AvgIpc) is 2.96. The maximum atomic E-state index is 12.8. The third kappa shape index (κ3) is 4.05. The number of benzene rings is 1. The number of nitrogens with zero attached hydrogens (tertiary/aromatic N) is 3. The monoisotopic (exact) mass is 386 g/mol. The molecule has 1 aromatic carbocycles. The van der Waals surface area contributed by atoms with Crippen molar-refractivity contribution in [1.82, 2.24) is 14.6 Å². The maximum Gasteiger partial charge on any atom is 0.417 e. The van der Waals surface area contributed by atoms with E-state index in [1.807, 2.05) is 0 Å². The Morgan fingerprint density at radius 2 is 1.96 bits per heavy atom. The number of hydrogen-bond donors (Lipinski definition) is 1. The Hall–Kier alpha value is -2.26. The molecule has 130 valence electrons. The number of rotatable bonds is 4. The molecule has 5 nitrogen and oxygen atoms in total. The van der Waals surface area contributed by atoms with Crippen molar-refractivity contribution in [2.75, 3.05) is 11.1 Å². The quantitative estimate of drug-likeness (QED) is 0.685. The predicted octanol–water partition coefficient (Wildman–Crippen LogP) is 4.13. The summed E-state index contributed by atoms with van der Waals surface area (Å²) in [7, 11) is 0. The van der Waals surface area contributed by atoms with E-state index in [9.17, 15) is 18.0 Å². The first-order chi connectivity index (χ1) is 11.8. The molecule has 0 aliphatic carbocycles. The van der Waals surface area contributed by atoms with Crippen LogP contribution < -0.4 is 5.32 Å². The average molecular weight is 387 g/mol. The van der Waals surface area contributed by atoms with Crippen molar-refractivity contribution < 1.29 is 18.0 Å². The topological polar surface area (TPSA) is 59.3 Å². The highest BCUT2D eigenvalue weighted by atomic mass is 35.5. The van der Waals surface area contributed by atoms with Crippen LogP contribution in [0, 0.1) is 0 Å². The van der Waals surface area contributed by atoms with Gasteiger partial charge in [-0.3, -0.25) is 9.20 Å². The summed E-state index contributed by atoms with van der Waals surface area (Å²) in [5.74, 6) is -0.413. The van der Waals surface area contributed by atoms with E-state index in [4.69, 9.17) is 11.6 Å².